The lowest BCUT2D eigenvalue weighted by Crippen LogP contribution is -2.59. The van der Waals surface area contributed by atoms with E-state index in [9.17, 15) is 5.11 Å². The van der Waals surface area contributed by atoms with E-state index in [4.69, 9.17) is 0 Å². The van der Waals surface area contributed by atoms with E-state index in [2.05, 4.69) is 31.0 Å². The lowest BCUT2D eigenvalue weighted by Gasteiger charge is -2.40. The summed E-state index contributed by atoms with van der Waals surface area (Å²) < 4.78 is 0. The Morgan fingerprint density at radius 3 is 2.58 bits per heavy atom. The van der Waals surface area contributed by atoms with Crippen molar-refractivity contribution < 1.29 is 5.11 Å². The van der Waals surface area contributed by atoms with Crippen molar-refractivity contribution in [2.45, 2.75) is 64.5 Å². The van der Waals surface area contributed by atoms with Gasteiger partial charge in [-0.25, -0.2) is 0 Å². The molecular weight excluding hydrogens is 236 g/mol. The van der Waals surface area contributed by atoms with Gasteiger partial charge >= 0.3 is 0 Å². The molecule has 3 heteroatoms. The Labute approximate surface area is 118 Å². The Morgan fingerprint density at radius 2 is 2.05 bits per heavy atom. The highest BCUT2D eigenvalue weighted by atomic mass is 16.3. The Hall–Kier alpha value is -0.120. The third kappa shape index (κ3) is 3.50. The molecule has 0 radical (unpaired) electrons. The molecule has 1 aliphatic carbocycles. The fourth-order valence-corrected chi connectivity index (χ4v) is 3.74. The molecule has 2 fully saturated rings. The second-order valence-corrected chi connectivity index (χ2v) is 6.94. The van der Waals surface area contributed by atoms with Crippen molar-refractivity contribution in [3.63, 3.8) is 0 Å². The van der Waals surface area contributed by atoms with E-state index in [-0.39, 0.29) is 5.54 Å². The quantitative estimate of drug-likeness (QED) is 0.709. The van der Waals surface area contributed by atoms with Crippen LogP contribution in [0.5, 0.6) is 0 Å². The monoisotopic (exact) mass is 268 g/mol. The van der Waals surface area contributed by atoms with Gasteiger partial charge in [0.25, 0.3) is 0 Å². The fourth-order valence-electron chi connectivity index (χ4n) is 3.74. The minimum atomic E-state index is -0.0342. The van der Waals surface area contributed by atoms with E-state index in [1.807, 2.05) is 0 Å². The first-order valence-electron chi connectivity index (χ1n) is 8.23. The van der Waals surface area contributed by atoms with E-state index in [1.54, 1.807) is 0 Å². The van der Waals surface area contributed by atoms with Crippen molar-refractivity contribution in [1.82, 2.24) is 10.2 Å². The zero-order valence-corrected chi connectivity index (χ0v) is 13.0. The van der Waals surface area contributed by atoms with Crippen LogP contribution in [-0.2, 0) is 0 Å². The normalized spacial score (nSPS) is 27.9. The van der Waals surface area contributed by atoms with Crippen LogP contribution in [0.2, 0.25) is 0 Å². The Kier molecular flexibility index (Phi) is 5.27. The van der Waals surface area contributed by atoms with Gasteiger partial charge in [-0.15, -0.1) is 0 Å². The third-order valence-corrected chi connectivity index (χ3v) is 5.04. The summed E-state index contributed by atoms with van der Waals surface area (Å²) in [6.45, 7) is 10.4. The van der Waals surface area contributed by atoms with Gasteiger partial charge < -0.3 is 10.4 Å². The first-order valence-corrected chi connectivity index (χ1v) is 8.23. The number of likely N-dealkylation sites (tertiary alicyclic amines) is 1. The smallest absolute Gasteiger partial charge is 0.0628 e. The maximum absolute atomic E-state index is 10.0. The molecule has 0 aromatic carbocycles. The van der Waals surface area contributed by atoms with E-state index in [0.29, 0.717) is 18.6 Å². The molecular formula is C16H32N2O. The Bertz CT molecular complexity index is 278. The van der Waals surface area contributed by atoms with Crippen LogP contribution in [-0.4, -0.2) is 47.8 Å². The maximum atomic E-state index is 10.0. The molecule has 0 aromatic heterocycles. The summed E-state index contributed by atoms with van der Waals surface area (Å²) in [6, 6.07) is 0.716. The second-order valence-electron chi connectivity index (χ2n) is 6.94. The first-order chi connectivity index (χ1) is 9.13. The van der Waals surface area contributed by atoms with Crippen LogP contribution in [0.15, 0.2) is 0 Å². The van der Waals surface area contributed by atoms with Crippen LogP contribution >= 0.6 is 0 Å². The van der Waals surface area contributed by atoms with Crippen LogP contribution in [0.4, 0.5) is 0 Å². The van der Waals surface area contributed by atoms with Gasteiger partial charge in [0.2, 0.25) is 0 Å². The van der Waals surface area contributed by atoms with Gasteiger partial charge in [0.05, 0.1) is 12.1 Å². The second kappa shape index (κ2) is 6.55. The standard InChI is InChI=1S/C16H32N2O/c1-4-9-17-16(12-19,14-7-8-14)11-18-10-5-6-15(18)13(2)3/h13-15,17,19H,4-12H2,1-3H3. The molecule has 2 atom stereocenters. The number of aliphatic hydroxyl groups is 1. The molecule has 19 heavy (non-hydrogen) atoms. The first kappa shape index (κ1) is 15.3. The molecule has 2 N–H and O–H groups in total. The Morgan fingerprint density at radius 1 is 1.32 bits per heavy atom. The highest BCUT2D eigenvalue weighted by Crippen LogP contribution is 2.41. The van der Waals surface area contributed by atoms with Crippen molar-refractivity contribution in [2.24, 2.45) is 11.8 Å². The van der Waals surface area contributed by atoms with Crippen LogP contribution < -0.4 is 5.32 Å². The van der Waals surface area contributed by atoms with Crippen molar-refractivity contribution >= 4 is 0 Å². The van der Waals surface area contributed by atoms with E-state index in [0.717, 1.165) is 25.4 Å². The number of nitrogens with one attached hydrogen (secondary N) is 1. The number of hydrogen-bond donors (Lipinski definition) is 2. The van der Waals surface area contributed by atoms with Gasteiger partial charge in [0, 0.05) is 12.6 Å². The molecule has 0 spiro atoms. The summed E-state index contributed by atoms with van der Waals surface area (Å²) in [5.41, 5.74) is -0.0342. The number of rotatable bonds is 8. The summed E-state index contributed by atoms with van der Waals surface area (Å²) in [5, 5.41) is 13.7. The van der Waals surface area contributed by atoms with E-state index < -0.39 is 0 Å². The SMILES string of the molecule is CCCNC(CO)(CN1CCCC1C(C)C)C1CC1. The minimum Gasteiger partial charge on any atom is -0.394 e. The molecule has 1 aliphatic heterocycles. The molecule has 1 saturated carbocycles. The average molecular weight is 268 g/mol. The topological polar surface area (TPSA) is 35.5 Å². The van der Waals surface area contributed by atoms with Crippen molar-refractivity contribution in [2.75, 3.05) is 26.2 Å². The average Bonchev–Trinajstić information content (AvgIpc) is 3.15. The van der Waals surface area contributed by atoms with Gasteiger partial charge in [-0.2, -0.15) is 0 Å². The molecule has 2 rings (SSSR count). The summed E-state index contributed by atoms with van der Waals surface area (Å²) in [4.78, 5) is 2.64. The predicted octanol–water partition coefficient (Wildman–Crippen LogP) is 2.25. The van der Waals surface area contributed by atoms with Crippen LogP contribution in [0.25, 0.3) is 0 Å². The molecule has 3 nitrogen and oxygen atoms in total. The Balaban J connectivity index is 2.02. The molecule has 0 bridgehead atoms. The maximum Gasteiger partial charge on any atom is 0.0628 e. The van der Waals surface area contributed by atoms with Gasteiger partial charge in [-0.3, -0.25) is 4.90 Å². The summed E-state index contributed by atoms with van der Waals surface area (Å²) in [7, 11) is 0. The molecule has 2 unspecified atom stereocenters. The summed E-state index contributed by atoms with van der Waals surface area (Å²) in [5.74, 6) is 1.42. The third-order valence-electron chi connectivity index (χ3n) is 5.04. The molecule has 1 saturated heterocycles. The van der Waals surface area contributed by atoms with Crippen molar-refractivity contribution in [3.8, 4) is 0 Å². The largest absolute Gasteiger partial charge is 0.394 e. The number of aliphatic hydroxyl groups excluding tert-OH is 1. The molecule has 112 valence electrons. The van der Waals surface area contributed by atoms with Crippen molar-refractivity contribution in [3.05, 3.63) is 0 Å². The predicted molar refractivity (Wildman–Crippen MR) is 80.3 cm³/mol. The summed E-state index contributed by atoms with van der Waals surface area (Å²) in [6.07, 6.45) is 6.37. The van der Waals surface area contributed by atoms with E-state index >= 15 is 0 Å². The molecule has 0 aromatic rings. The van der Waals surface area contributed by atoms with Crippen LogP contribution in [0.1, 0.15) is 52.9 Å². The highest BCUT2D eigenvalue weighted by Gasteiger charge is 2.46. The van der Waals surface area contributed by atoms with Crippen LogP contribution in [0.3, 0.4) is 0 Å². The lowest BCUT2D eigenvalue weighted by atomic mass is 9.91. The highest BCUT2D eigenvalue weighted by molar-refractivity contribution is 5.04. The summed E-state index contributed by atoms with van der Waals surface area (Å²) >= 11 is 0. The zero-order valence-electron chi connectivity index (χ0n) is 13.0. The molecule has 0 amide bonds. The zero-order chi connectivity index (χ0) is 13.9. The molecule has 2 aliphatic rings. The van der Waals surface area contributed by atoms with Crippen molar-refractivity contribution in [1.29, 1.82) is 0 Å². The van der Waals surface area contributed by atoms with Crippen LogP contribution in [0, 0.1) is 11.8 Å². The minimum absolute atomic E-state index is 0.0342. The van der Waals surface area contributed by atoms with Gasteiger partial charge in [-0.1, -0.05) is 20.8 Å². The van der Waals surface area contributed by atoms with Gasteiger partial charge in [0.1, 0.15) is 0 Å². The number of hydrogen-bond acceptors (Lipinski definition) is 3. The van der Waals surface area contributed by atoms with E-state index in [1.165, 1.54) is 32.2 Å². The molecule has 1 heterocycles. The van der Waals surface area contributed by atoms with Gasteiger partial charge in [-0.05, 0) is 57.0 Å². The van der Waals surface area contributed by atoms with Gasteiger partial charge in [0.15, 0.2) is 0 Å². The number of nitrogens with zero attached hydrogens (tertiary/aromatic N) is 1. The lowest BCUT2D eigenvalue weighted by molar-refractivity contribution is 0.0758. The fraction of sp³-hybridized carbons (Fsp3) is 1.00.